The molecular formula is C14H13N3O3. The van der Waals surface area contributed by atoms with Crippen molar-refractivity contribution in [3.63, 3.8) is 0 Å². The highest BCUT2D eigenvalue weighted by atomic mass is 16.2. The first kappa shape index (κ1) is 12.4. The molecule has 20 heavy (non-hydrogen) atoms. The standard InChI is InChI=1S/C14H13N3O3/c1-17-12(18)7-11(14(17)20)16-13(19)10-6-8-4-2-3-5-9(8)15-10/h2-6,11,15H,7H2,1H3,(H,16,19). The van der Waals surface area contributed by atoms with E-state index in [9.17, 15) is 14.4 Å². The minimum absolute atomic E-state index is 0.0152. The van der Waals surface area contributed by atoms with Gasteiger partial charge in [0.15, 0.2) is 0 Å². The Bertz CT molecular complexity index is 686. The first-order valence-electron chi connectivity index (χ1n) is 6.25. The maximum absolute atomic E-state index is 12.1. The number of hydrogen-bond acceptors (Lipinski definition) is 3. The molecule has 0 radical (unpaired) electrons. The summed E-state index contributed by atoms with van der Waals surface area (Å²) in [5.41, 5.74) is 1.23. The second kappa shape index (κ2) is 4.48. The van der Waals surface area contributed by atoms with E-state index in [2.05, 4.69) is 10.3 Å². The molecule has 6 heteroatoms. The van der Waals surface area contributed by atoms with Crippen molar-refractivity contribution in [1.29, 1.82) is 0 Å². The first-order chi connectivity index (χ1) is 9.56. The van der Waals surface area contributed by atoms with E-state index in [0.29, 0.717) is 5.69 Å². The number of carbonyl (C=O) groups is 3. The lowest BCUT2D eigenvalue weighted by atomic mass is 10.2. The van der Waals surface area contributed by atoms with Gasteiger partial charge in [-0.3, -0.25) is 19.3 Å². The van der Waals surface area contributed by atoms with Crippen LogP contribution < -0.4 is 5.32 Å². The Morgan fingerprint density at radius 2 is 2.10 bits per heavy atom. The molecule has 2 N–H and O–H groups in total. The topological polar surface area (TPSA) is 82.3 Å². The van der Waals surface area contributed by atoms with Gasteiger partial charge in [-0.1, -0.05) is 18.2 Å². The summed E-state index contributed by atoms with van der Waals surface area (Å²) in [4.78, 5) is 39.3. The molecule has 1 fully saturated rings. The predicted molar refractivity (Wildman–Crippen MR) is 71.9 cm³/mol. The number of amides is 3. The monoisotopic (exact) mass is 271 g/mol. The molecule has 2 aromatic rings. The van der Waals surface area contributed by atoms with Crippen LogP contribution in [0.3, 0.4) is 0 Å². The Morgan fingerprint density at radius 1 is 1.35 bits per heavy atom. The summed E-state index contributed by atoms with van der Waals surface area (Å²) in [5.74, 6) is -1.04. The fourth-order valence-corrected chi connectivity index (χ4v) is 2.30. The molecule has 0 spiro atoms. The molecule has 102 valence electrons. The molecule has 1 saturated heterocycles. The van der Waals surface area contributed by atoms with Gasteiger partial charge in [-0.15, -0.1) is 0 Å². The fraction of sp³-hybridized carbons (Fsp3) is 0.214. The van der Waals surface area contributed by atoms with Crippen LogP contribution >= 0.6 is 0 Å². The lowest BCUT2D eigenvalue weighted by molar-refractivity contribution is -0.137. The van der Waals surface area contributed by atoms with Crippen molar-refractivity contribution in [1.82, 2.24) is 15.2 Å². The predicted octanol–water partition coefficient (Wildman–Crippen LogP) is 0.655. The molecule has 6 nitrogen and oxygen atoms in total. The van der Waals surface area contributed by atoms with Gasteiger partial charge in [-0.25, -0.2) is 0 Å². The second-order valence-corrected chi connectivity index (χ2v) is 4.79. The third kappa shape index (κ3) is 1.95. The number of rotatable bonds is 2. The van der Waals surface area contributed by atoms with Crippen molar-refractivity contribution in [2.24, 2.45) is 0 Å². The van der Waals surface area contributed by atoms with Crippen molar-refractivity contribution < 1.29 is 14.4 Å². The number of nitrogens with one attached hydrogen (secondary N) is 2. The molecule has 3 rings (SSSR count). The lowest BCUT2D eigenvalue weighted by Gasteiger charge is -2.10. The average Bonchev–Trinajstić information content (AvgIpc) is 2.97. The average molecular weight is 271 g/mol. The van der Waals surface area contributed by atoms with Crippen LogP contribution in [0.1, 0.15) is 16.9 Å². The summed E-state index contributed by atoms with van der Waals surface area (Å²) in [7, 11) is 1.42. The molecular weight excluding hydrogens is 258 g/mol. The van der Waals surface area contributed by atoms with Crippen LogP contribution in [0.25, 0.3) is 10.9 Å². The van der Waals surface area contributed by atoms with E-state index in [1.165, 1.54) is 7.05 Å². The van der Waals surface area contributed by atoms with Gasteiger partial charge in [0.25, 0.3) is 11.8 Å². The molecule has 0 aliphatic carbocycles. The van der Waals surface area contributed by atoms with E-state index < -0.39 is 6.04 Å². The normalized spacial score (nSPS) is 18.9. The van der Waals surface area contributed by atoms with Crippen LogP contribution in [0.4, 0.5) is 0 Å². The highest BCUT2D eigenvalue weighted by molar-refractivity contribution is 6.08. The Kier molecular flexibility index (Phi) is 2.78. The van der Waals surface area contributed by atoms with E-state index in [-0.39, 0.29) is 24.1 Å². The van der Waals surface area contributed by atoms with Gasteiger partial charge in [0.1, 0.15) is 11.7 Å². The smallest absolute Gasteiger partial charge is 0.268 e. The Morgan fingerprint density at radius 3 is 2.75 bits per heavy atom. The van der Waals surface area contributed by atoms with E-state index in [1.807, 2.05) is 24.3 Å². The van der Waals surface area contributed by atoms with Crippen LogP contribution in [0.15, 0.2) is 30.3 Å². The highest BCUT2D eigenvalue weighted by Crippen LogP contribution is 2.16. The maximum Gasteiger partial charge on any atom is 0.268 e. The molecule has 1 aromatic heterocycles. The number of imide groups is 1. The largest absolute Gasteiger partial charge is 0.351 e. The van der Waals surface area contributed by atoms with E-state index >= 15 is 0 Å². The van der Waals surface area contributed by atoms with Crippen molar-refractivity contribution >= 4 is 28.6 Å². The third-order valence-electron chi connectivity index (χ3n) is 3.46. The molecule has 3 amide bonds. The fourth-order valence-electron chi connectivity index (χ4n) is 2.30. The number of hydrogen-bond donors (Lipinski definition) is 2. The van der Waals surface area contributed by atoms with Crippen LogP contribution in [-0.2, 0) is 9.59 Å². The number of carbonyl (C=O) groups excluding carboxylic acids is 3. The zero-order valence-corrected chi connectivity index (χ0v) is 10.8. The maximum atomic E-state index is 12.1. The van der Waals surface area contributed by atoms with Gasteiger partial charge in [-0.2, -0.15) is 0 Å². The van der Waals surface area contributed by atoms with Crippen LogP contribution in [0.5, 0.6) is 0 Å². The Hall–Kier alpha value is -2.63. The van der Waals surface area contributed by atoms with Gasteiger partial charge >= 0.3 is 0 Å². The SMILES string of the molecule is CN1C(=O)CC(NC(=O)c2cc3ccccc3[nH]2)C1=O. The lowest BCUT2D eigenvalue weighted by Crippen LogP contribution is -2.40. The number of likely N-dealkylation sites (N-methyl/N-ethyl adjacent to an activating group) is 1. The molecule has 1 atom stereocenters. The number of para-hydroxylation sites is 1. The zero-order chi connectivity index (χ0) is 14.3. The number of aromatic amines is 1. The summed E-state index contributed by atoms with van der Waals surface area (Å²) in [6.45, 7) is 0. The van der Waals surface area contributed by atoms with Crippen molar-refractivity contribution in [3.05, 3.63) is 36.0 Å². The zero-order valence-electron chi connectivity index (χ0n) is 10.8. The minimum atomic E-state index is -0.772. The summed E-state index contributed by atoms with van der Waals surface area (Å²) >= 11 is 0. The molecule has 1 aromatic carbocycles. The molecule has 1 aliphatic heterocycles. The summed E-state index contributed by atoms with van der Waals surface area (Å²) in [6.07, 6.45) is 0.0152. The van der Waals surface area contributed by atoms with E-state index in [0.717, 1.165) is 15.8 Å². The number of benzene rings is 1. The minimum Gasteiger partial charge on any atom is -0.351 e. The van der Waals surface area contributed by atoms with Crippen LogP contribution in [0.2, 0.25) is 0 Å². The highest BCUT2D eigenvalue weighted by Gasteiger charge is 2.37. The Labute approximate surface area is 114 Å². The third-order valence-corrected chi connectivity index (χ3v) is 3.46. The van der Waals surface area contributed by atoms with Crippen LogP contribution in [-0.4, -0.2) is 40.7 Å². The molecule has 1 unspecified atom stereocenters. The van der Waals surface area contributed by atoms with E-state index in [1.54, 1.807) is 6.07 Å². The number of aromatic nitrogens is 1. The number of nitrogens with zero attached hydrogens (tertiary/aromatic N) is 1. The number of fused-ring (bicyclic) bond motifs is 1. The summed E-state index contributed by atoms with van der Waals surface area (Å²) in [5, 5.41) is 3.50. The second-order valence-electron chi connectivity index (χ2n) is 4.79. The molecule has 2 heterocycles. The van der Waals surface area contributed by atoms with Gasteiger partial charge < -0.3 is 10.3 Å². The van der Waals surface area contributed by atoms with Crippen molar-refractivity contribution in [2.45, 2.75) is 12.5 Å². The molecule has 0 bridgehead atoms. The van der Waals surface area contributed by atoms with E-state index in [4.69, 9.17) is 0 Å². The summed E-state index contributed by atoms with van der Waals surface area (Å²) in [6, 6.07) is 8.45. The molecule has 1 aliphatic rings. The van der Waals surface area contributed by atoms with Gasteiger partial charge in [0.05, 0.1) is 6.42 Å². The van der Waals surface area contributed by atoms with Crippen LogP contribution in [0, 0.1) is 0 Å². The number of likely N-dealkylation sites (tertiary alicyclic amines) is 1. The first-order valence-corrected chi connectivity index (χ1v) is 6.25. The summed E-state index contributed by atoms with van der Waals surface area (Å²) < 4.78 is 0. The van der Waals surface area contributed by atoms with Crippen molar-refractivity contribution in [2.75, 3.05) is 7.05 Å². The van der Waals surface area contributed by atoms with Crippen molar-refractivity contribution in [3.8, 4) is 0 Å². The van der Waals surface area contributed by atoms with Gasteiger partial charge in [0.2, 0.25) is 5.91 Å². The quantitative estimate of drug-likeness (QED) is 0.787. The van der Waals surface area contributed by atoms with Gasteiger partial charge in [0, 0.05) is 18.0 Å². The Balaban J connectivity index is 1.80. The number of H-pyrrole nitrogens is 1. The molecule has 0 saturated carbocycles. The van der Waals surface area contributed by atoms with Gasteiger partial charge in [-0.05, 0) is 12.1 Å².